The number of rotatable bonds is 7. The number of hydrogen-bond donors (Lipinski definition) is 2. The van der Waals surface area contributed by atoms with Gasteiger partial charge >= 0.3 is 0 Å². The lowest BCUT2D eigenvalue weighted by Gasteiger charge is -2.14. The molecule has 2 N–H and O–H groups in total. The molecule has 0 radical (unpaired) electrons. The van der Waals surface area contributed by atoms with Gasteiger partial charge in [-0.3, -0.25) is 0 Å². The molecule has 0 bridgehead atoms. The highest BCUT2D eigenvalue weighted by Crippen LogP contribution is 2.12. The Morgan fingerprint density at radius 1 is 1.15 bits per heavy atom. The van der Waals surface area contributed by atoms with Crippen LogP contribution in [0.3, 0.4) is 0 Å². The van der Waals surface area contributed by atoms with Gasteiger partial charge in [-0.2, -0.15) is 0 Å². The molecule has 0 fully saturated rings. The van der Waals surface area contributed by atoms with E-state index in [2.05, 4.69) is 65.8 Å². The third kappa shape index (κ3) is 6.95. The van der Waals surface area contributed by atoms with Crippen LogP contribution in [0.1, 0.15) is 35.4 Å². The van der Waals surface area contributed by atoms with E-state index in [0.29, 0.717) is 19.0 Å². The predicted molar refractivity (Wildman–Crippen MR) is 117 cm³/mol. The van der Waals surface area contributed by atoms with Gasteiger partial charge in [-0.25, -0.2) is 9.98 Å². The summed E-state index contributed by atoms with van der Waals surface area (Å²) >= 11 is 0. The minimum absolute atomic E-state index is 0. The van der Waals surface area contributed by atoms with Crippen molar-refractivity contribution in [2.75, 3.05) is 20.6 Å². The number of nitrogens with one attached hydrogen (secondary N) is 2. The fraction of sp³-hybridized carbons (Fsp3) is 0.474. The second kappa shape index (κ2) is 11.2. The smallest absolute Gasteiger partial charge is 0.214 e. The zero-order valence-corrected chi connectivity index (χ0v) is 18.6. The first-order valence-corrected chi connectivity index (χ1v) is 8.66. The number of aliphatic imine (C=N–C) groups is 1. The van der Waals surface area contributed by atoms with Gasteiger partial charge in [0.2, 0.25) is 5.89 Å². The predicted octanol–water partition coefficient (Wildman–Crippen LogP) is 3.23. The zero-order valence-electron chi connectivity index (χ0n) is 16.3. The van der Waals surface area contributed by atoms with Gasteiger partial charge in [0.25, 0.3) is 0 Å². The van der Waals surface area contributed by atoms with E-state index in [1.807, 2.05) is 13.8 Å². The molecule has 1 aromatic heterocycles. The Bertz CT molecular complexity index is 692. The Kier molecular flexibility index (Phi) is 9.64. The van der Waals surface area contributed by atoms with Crippen molar-refractivity contribution < 1.29 is 4.42 Å². The molecule has 0 saturated carbocycles. The quantitative estimate of drug-likeness (QED) is 0.369. The van der Waals surface area contributed by atoms with Crippen molar-refractivity contribution in [3.8, 4) is 0 Å². The molecule has 0 atom stereocenters. The lowest BCUT2D eigenvalue weighted by Crippen LogP contribution is -2.36. The van der Waals surface area contributed by atoms with Crippen LogP contribution < -0.4 is 10.6 Å². The molecule has 0 spiro atoms. The molecule has 0 aliphatic heterocycles. The number of guanidine groups is 1. The molecule has 6 nitrogen and oxygen atoms in total. The van der Waals surface area contributed by atoms with Crippen molar-refractivity contribution >= 4 is 29.9 Å². The number of hydrogen-bond acceptors (Lipinski definition) is 4. The molecule has 0 amide bonds. The molecule has 2 aromatic rings. The van der Waals surface area contributed by atoms with Gasteiger partial charge in [0.1, 0.15) is 5.76 Å². The second-order valence-corrected chi connectivity index (χ2v) is 6.30. The fourth-order valence-electron chi connectivity index (χ4n) is 2.49. The topological polar surface area (TPSA) is 65.7 Å². The second-order valence-electron chi connectivity index (χ2n) is 6.30. The molecule has 2 rings (SSSR count). The van der Waals surface area contributed by atoms with E-state index >= 15 is 0 Å². The molecule has 0 saturated heterocycles. The summed E-state index contributed by atoms with van der Waals surface area (Å²) in [4.78, 5) is 11.3. The molecular formula is C19H30IN5O. The summed E-state index contributed by atoms with van der Waals surface area (Å²) in [5.74, 6) is 2.29. The summed E-state index contributed by atoms with van der Waals surface area (Å²) in [6, 6.07) is 8.42. The van der Waals surface area contributed by atoms with Crippen LogP contribution in [0.2, 0.25) is 0 Å². The van der Waals surface area contributed by atoms with E-state index in [1.165, 1.54) is 11.1 Å². The van der Waals surface area contributed by atoms with Crippen molar-refractivity contribution in [3.05, 3.63) is 52.7 Å². The van der Waals surface area contributed by atoms with Crippen LogP contribution in [-0.4, -0.2) is 36.5 Å². The van der Waals surface area contributed by atoms with Crippen LogP contribution in [-0.2, 0) is 19.6 Å². The minimum atomic E-state index is 0. The van der Waals surface area contributed by atoms with Gasteiger partial charge < -0.3 is 20.0 Å². The molecule has 0 aliphatic carbocycles. The highest BCUT2D eigenvalue weighted by molar-refractivity contribution is 14.0. The molecule has 1 heterocycles. The van der Waals surface area contributed by atoms with Crippen LogP contribution in [0, 0.1) is 13.8 Å². The highest BCUT2D eigenvalue weighted by Gasteiger charge is 2.07. The first-order chi connectivity index (χ1) is 12.0. The Labute approximate surface area is 173 Å². The van der Waals surface area contributed by atoms with Crippen molar-refractivity contribution in [1.82, 2.24) is 20.5 Å². The SMILES string of the molecule is CCNC(=NCc1ccccc1CN(C)C)NCc1nc(C)c(C)o1.I. The first kappa shape index (κ1) is 22.4. The summed E-state index contributed by atoms with van der Waals surface area (Å²) < 4.78 is 5.61. The monoisotopic (exact) mass is 471 g/mol. The summed E-state index contributed by atoms with van der Waals surface area (Å²) in [5, 5.41) is 6.54. The average Bonchev–Trinajstić information content (AvgIpc) is 2.89. The fourth-order valence-corrected chi connectivity index (χ4v) is 2.49. The zero-order chi connectivity index (χ0) is 18.2. The summed E-state index contributed by atoms with van der Waals surface area (Å²) in [7, 11) is 4.15. The number of aryl methyl sites for hydroxylation is 2. The number of benzene rings is 1. The normalized spacial score (nSPS) is 11.4. The number of aromatic nitrogens is 1. The van der Waals surface area contributed by atoms with E-state index in [-0.39, 0.29) is 24.0 Å². The maximum Gasteiger partial charge on any atom is 0.214 e. The van der Waals surface area contributed by atoms with Crippen molar-refractivity contribution in [3.63, 3.8) is 0 Å². The van der Waals surface area contributed by atoms with Crippen LogP contribution in [0.15, 0.2) is 33.7 Å². The number of halogens is 1. The van der Waals surface area contributed by atoms with Crippen LogP contribution in [0.25, 0.3) is 0 Å². The van der Waals surface area contributed by atoms with E-state index in [4.69, 9.17) is 9.41 Å². The van der Waals surface area contributed by atoms with Crippen LogP contribution >= 0.6 is 24.0 Å². The van der Waals surface area contributed by atoms with Gasteiger partial charge in [0.15, 0.2) is 5.96 Å². The van der Waals surface area contributed by atoms with Gasteiger partial charge in [-0.1, -0.05) is 24.3 Å². The molecular weight excluding hydrogens is 441 g/mol. The molecule has 1 aromatic carbocycles. The lowest BCUT2D eigenvalue weighted by molar-refractivity contribution is 0.401. The standard InChI is InChI=1S/C19H29N5O.HI/c1-6-20-19(22-12-18-23-14(2)15(3)25-18)21-11-16-9-7-8-10-17(16)13-24(4)5;/h7-10H,6,11-13H2,1-5H3,(H2,20,21,22);1H. The minimum Gasteiger partial charge on any atom is -0.444 e. The molecule has 26 heavy (non-hydrogen) atoms. The molecule has 0 aliphatic rings. The molecule has 7 heteroatoms. The Morgan fingerprint density at radius 3 is 2.42 bits per heavy atom. The number of oxazole rings is 1. The largest absolute Gasteiger partial charge is 0.444 e. The van der Waals surface area contributed by atoms with Gasteiger partial charge in [0.05, 0.1) is 18.8 Å². The summed E-state index contributed by atoms with van der Waals surface area (Å²) in [6.45, 7) is 8.77. The third-order valence-electron chi connectivity index (χ3n) is 3.84. The molecule has 0 unspecified atom stereocenters. The summed E-state index contributed by atoms with van der Waals surface area (Å²) in [5.41, 5.74) is 3.46. The number of nitrogens with zero attached hydrogens (tertiary/aromatic N) is 3. The average molecular weight is 471 g/mol. The maximum atomic E-state index is 5.61. The maximum absolute atomic E-state index is 5.61. The highest BCUT2D eigenvalue weighted by atomic mass is 127. The van der Waals surface area contributed by atoms with Gasteiger partial charge in [-0.05, 0) is 46.0 Å². The van der Waals surface area contributed by atoms with Crippen molar-refractivity contribution in [1.29, 1.82) is 0 Å². The van der Waals surface area contributed by atoms with Crippen LogP contribution in [0.4, 0.5) is 0 Å². The van der Waals surface area contributed by atoms with Crippen molar-refractivity contribution in [2.45, 2.75) is 40.4 Å². The van der Waals surface area contributed by atoms with E-state index in [1.54, 1.807) is 0 Å². The third-order valence-corrected chi connectivity index (χ3v) is 3.84. The van der Waals surface area contributed by atoms with Gasteiger partial charge in [0, 0.05) is 13.1 Å². The summed E-state index contributed by atoms with van der Waals surface area (Å²) in [6.07, 6.45) is 0. The van der Waals surface area contributed by atoms with Crippen LogP contribution in [0.5, 0.6) is 0 Å². The van der Waals surface area contributed by atoms with Crippen molar-refractivity contribution in [2.24, 2.45) is 4.99 Å². The van der Waals surface area contributed by atoms with E-state index < -0.39 is 0 Å². The van der Waals surface area contributed by atoms with E-state index in [9.17, 15) is 0 Å². The Hall–Kier alpha value is -1.61. The van der Waals surface area contributed by atoms with E-state index in [0.717, 1.165) is 30.5 Å². The Balaban J connectivity index is 0.00000338. The van der Waals surface area contributed by atoms with Gasteiger partial charge in [-0.15, -0.1) is 24.0 Å². The lowest BCUT2D eigenvalue weighted by atomic mass is 10.1. The first-order valence-electron chi connectivity index (χ1n) is 8.66. The Morgan fingerprint density at radius 2 is 1.85 bits per heavy atom. The molecule has 144 valence electrons.